The summed E-state index contributed by atoms with van der Waals surface area (Å²) in [5.41, 5.74) is 1.52. The molecule has 1 saturated heterocycles. The summed E-state index contributed by atoms with van der Waals surface area (Å²) in [5, 5.41) is 5.82. The number of nitrogens with one attached hydrogen (secondary N) is 2. The summed E-state index contributed by atoms with van der Waals surface area (Å²) in [6, 6.07) is 13.6. The summed E-state index contributed by atoms with van der Waals surface area (Å²) in [4.78, 5) is 41.3. The van der Waals surface area contributed by atoms with E-state index in [1.807, 2.05) is 19.1 Å². The third kappa shape index (κ3) is 4.93. The van der Waals surface area contributed by atoms with Crippen LogP contribution in [0.1, 0.15) is 66.2 Å². The third-order valence-corrected chi connectivity index (χ3v) is 6.89. The number of likely N-dealkylation sites (tertiary alicyclic amines) is 1. The summed E-state index contributed by atoms with van der Waals surface area (Å²) >= 11 is 0. The molecule has 7 heteroatoms. The predicted molar refractivity (Wildman–Crippen MR) is 131 cm³/mol. The second kappa shape index (κ2) is 10.7. The smallest absolute Gasteiger partial charge is 0.258 e. The van der Waals surface area contributed by atoms with Gasteiger partial charge in [0.15, 0.2) is 0 Å². The highest BCUT2D eigenvalue weighted by Crippen LogP contribution is 2.41. The number of nitrogens with zero attached hydrogens (tertiary/aromatic N) is 1. The maximum absolute atomic E-state index is 13.7. The second-order valence-electron chi connectivity index (χ2n) is 9.10. The fraction of sp³-hybridized carbons (Fsp3) is 0.444. The van der Waals surface area contributed by atoms with E-state index in [2.05, 4.69) is 10.6 Å². The molecule has 3 unspecified atom stereocenters. The zero-order chi connectivity index (χ0) is 24.1. The van der Waals surface area contributed by atoms with Gasteiger partial charge in [-0.2, -0.15) is 0 Å². The number of para-hydroxylation sites is 1. The Bertz CT molecular complexity index is 1050. The van der Waals surface area contributed by atoms with E-state index in [1.165, 1.54) is 0 Å². The van der Waals surface area contributed by atoms with Gasteiger partial charge in [-0.05, 0) is 61.9 Å². The largest absolute Gasteiger partial charge is 0.496 e. The fourth-order valence-corrected chi connectivity index (χ4v) is 5.25. The first kappa shape index (κ1) is 23.8. The zero-order valence-electron chi connectivity index (χ0n) is 19.9. The minimum absolute atomic E-state index is 0.0491. The van der Waals surface area contributed by atoms with Gasteiger partial charge in [-0.15, -0.1) is 0 Å². The van der Waals surface area contributed by atoms with E-state index in [4.69, 9.17) is 4.74 Å². The molecule has 0 spiro atoms. The van der Waals surface area contributed by atoms with Crippen molar-refractivity contribution in [3.05, 3.63) is 59.7 Å². The van der Waals surface area contributed by atoms with Crippen LogP contribution in [0.2, 0.25) is 0 Å². The van der Waals surface area contributed by atoms with E-state index in [1.54, 1.807) is 48.4 Å². The molecule has 180 valence electrons. The number of carbonyl (C=O) groups excluding carboxylic acids is 3. The quantitative estimate of drug-likeness (QED) is 0.643. The van der Waals surface area contributed by atoms with Gasteiger partial charge in [-0.1, -0.05) is 38.0 Å². The van der Waals surface area contributed by atoms with Crippen molar-refractivity contribution < 1.29 is 19.1 Å². The number of hydrogen-bond donors (Lipinski definition) is 2. The van der Waals surface area contributed by atoms with Crippen molar-refractivity contribution >= 4 is 23.4 Å². The van der Waals surface area contributed by atoms with Crippen LogP contribution >= 0.6 is 0 Å². The van der Waals surface area contributed by atoms with Gasteiger partial charge >= 0.3 is 0 Å². The molecule has 2 N–H and O–H groups in total. The molecule has 1 heterocycles. The van der Waals surface area contributed by atoms with Crippen molar-refractivity contribution in [2.24, 2.45) is 5.92 Å². The summed E-state index contributed by atoms with van der Waals surface area (Å²) in [6.07, 6.45) is 5.61. The summed E-state index contributed by atoms with van der Waals surface area (Å²) in [5.74, 6) is 0.271. The number of benzene rings is 2. The van der Waals surface area contributed by atoms with Crippen LogP contribution < -0.4 is 15.4 Å². The Balaban J connectivity index is 1.57. The third-order valence-electron chi connectivity index (χ3n) is 6.89. The summed E-state index contributed by atoms with van der Waals surface area (Å²) < 4.78 is 5.43. The standard InChI is InChI=1S/C27H33N3O4/c1-3-15-28-25(31)19-10-8-11-20(16-19)29-26(32)23-17-18-9-4-6-13-22(18)30(23)27(33)21-12-5-7-14-24(21)34-2/h5,7-8,10-12,14,16,18,22-23H,3-4,6,9,13,15,17H2,1-2H3,(H,28,31)(H,29,32). The molecule has 2 aromatic rings. The molecule has 2 aromatic carbocycles. The molecule has 1 aliphatic carbocycles. The van der Waals surface area contributed by atoms with Crippen LogP contribution in [0.15, 0.2) is 48.5 Å². The molecule has 2 aliphatic rings. The topological polar surface area (TPSA) is 87.7 Å². The molecule has 3 atom stereocenters. The van der Waals surface area contributed by atoms with E-state index in [0.717, 1.165) is 32.1 Å². The van der Waals surface area contributed by atoms with Crippen molar-refractivity contribution in [3.8, 4) is 5.75 Å². The Hall–Kier alpha value is -3.35. The maximum atomic E-state index is 13.7. The summed E-state index contributed by atoms with van der Waals surface area (Å²) in [6.45, 7) is 2.59. The van der Waals surface area contributed by atoms with E-state index in [9.17, 15) is 14.4 Å². The molecular weight excluding hydrogens is 430 g/mol. The Kier molecular flexibility index (Phi) is 7.50. The van der Waals surface area contributed by atoms with E-state index in [-0.39, 0.29) is 23.8 Å². The van der Waals surface area contributed by atoms with Gasteiger partial charge in [-0.25, -0.2) is 0 Å². The van der Waals surface area contributed by atoms with Crippen molar-refractivity contribution in [1.29, 1.82) is 0 Å². The van der Waals surface area contributed by atoms with Crippen molar-refractivity contribution in [1.82, 2.24) is 10.2 Å². The number of ether oxygens (including phenoxy) is 1. The molecule has 2 fully saturated rings. The molecule has 1 saturated carbocycles. The number of methoxy groups -OCH3 is 1. The van der Waals surface area contributed by atoms with Gasteiger partial charge in [0.05, 0.1) is 12.7 Å². The van der Waals surface area contributed by atoms with E-state index >= 15 is 0 Å². The van der Waals surface area contributed by atoms with Crippen molar-refractivity contribution in [3.63, 3.8) is 0 Å². The Morgan fingerprint density at radius 2 is 1.85 bits per heavy atom. The number of anilines is 1. The Morgan fingerprint density at radius 1 is 1.06 bits per heavy atom. The molecular formula is C27H33N3O4. The number of rotatable bonds is 7. The highest BCUT2D eigenvalue weighted by atomic mass is 16.5. The molecule has 7 nitrogen and oxygen atoms in total. The first-order valence-electron chi connectivity index (χ1n) is 12.2. The first-order chi connectivity index (χ1) is 16.5. The lowest BCUT2D eigenvalue weighted by Crippen LogP contribution is -2.48. The number of amides is 3. The molecule has 4 rings (SSSR count). The minimum Gasteiger partial charge on any atom is -0.496 e. The molecule has 34 heavy (non-hydrogen) atoms. The minimum atomic E-state index is -0.567. The second-order valence-corrected chi connectivity index (χ2v) is 9.10. The van der Waals surface area contributed by atoms with Crippen LogP contribution in [-0.4, -0.2) is 48.4 Å². The maximum Gasteiger partial charge on any atom is 0.258 e. The van der Waals surface area contributed by atoms with Gasteiger partial charge in [-0.3, -0.25) is 14.4 Å². The fourth-order valence-electron chi connectivity index (χ4n) is 5.25. The Labute approximate surface area is 200 Å². The van der Waals surface area contributed by atoms with Crippen LogP contribution in [0.4, 0.5) is 5.69 Å². The normalized spacial score (nSPS) is 21.5. The van der Waals surface area contributed by atoms with Crippen LogP contribution in [0, 0.1) is 5.92 Å². The van der Waals surface area contributed by atoms with Crippen LogP contribution in [-0.2, 0) is 4.79 Å². The summed E-state index contributed by atoms with van der Waals surface area (Å²) in [7, 11) is 1.55. The predicted octanol–water partition coefficient (Wildman–Crippen LogP) is 4.25. The van der Waals surface area contributed by atoms with Gasteiger partial charge < -0.3 is 20.3 Å². The van der Waals surface area contributed by atoms with Gasteiger partial charge in [0.25, 0.3) is 11.8 Å². The lowest BCUT2D eigenvalue weighted by atomic mass is 9.84. The molecule has 3 amide bonds. The monoisotopic (exact) mass is 463 g/mol. The van der Waals surface area contributed by atoms with Crippen molar-refractivity contribution in [2.75, 3.05) is 19.0 Å². The first-order valence-corrected chi connectivity index (χ1v) is 12.2. The number of carbonyl (C=O) groups is 3. The average molecular weight is 464 g/mol. The van der Waals surface area contributed by atoms with Crippen molar-refractivity contribution in [2.45, 2.75) is 57.5 Å². The molecule has 0 radical (unpaired) electrons. The zero-order valence-corrected chi connectivity index (χ0v) is 19.9. The van der Waals surface area contributed by atoms with Crippen LogP contribution in [0.25, 0.3) is 0 Å². The molecule has 1 aliphatic heterocycles. The van der Waals surface area contributed by atoms with Gasteiger partial charge in [0, 0.05) is 23.8 Å². The van der Waals surface area contributed by atoms with Crippen LogP contribution in [0.3, 0.4) is 0 Å². The highest BCUT2D eigenvalue weighted by molar-refractivity contribution is 6.03. The SMILES string of the molecule is CCCNC(=O)c1cccc(NC(=O)C2CC3CCCCC3N2C(=O)c2ccccc2OC)c1. The molecule has 0 bridgehead atoms. The number of fused-ring (bicyclic) bond motifs is 1. The lowest BCUT2D eigenvalue weighted by molar-refractivity contribution is -0.120. The average Bonchev–Trinajstić information content (AvgIpc) is 3.27. The van der Waals surface area contributed by atoms with E-state index in [0.29, 0.717) is 41.4 Å². The van der Waals surface area contributed by atoms with E-state index < -0.39 is 6.04 Å². The lowest BCUT2D eigenvalue weighted by Gasteiger charge is -2.34. The van der Waals surface area contributed by atoms with Crippen LogP contribution in [0.5, 0.6) is 5.75 Å². The molecule has 0 aromatic heterocycles. The van der Waals surface area contributed by atoms with Gasteiger partial charge in [0.2, 0.25) is 5.91 Å². The highest BCUT2D eigenvalue weighted by Gasteiger charge is 2.48. The Morgan fingerprint density at radius 3 is 2.65 bits per heavy atom. The van der Waals surface area contributed by atoms with Gasteiger partial charge in [0.1, 0.15) is 11.8 Å². The number of hydrogen-bond acceptors (Lipinski definition) is 4.